The number of ketones is 1. The Morgan fingerprint density at radius 2 is 2.20 bits per heavy atom. The summed E-state index contributed by atoms with van der Waals surface area (Å²) in [5.74, 6) is 1.56. The minimum absolute atomic E-state index is 0.186. The van der Waals surface area contributed by atoms with Gasteiger partial charge in [0, 0.05) is 12.3 Å². The molecule has 0 heterocycles. The van der Waals surface area contributed by atoms with Gasteiger partial charge in [-0.2, -0.15) is 0 Å². The highest BCUT2D eigenvalue weighted by molar-refractivity contribution is 5.83. The van der Waals surface area contributed by atoms with E-state index in [1.54, 1.807) is 0 Å². The van der Waals surface area contributed by atoms with Crippen molar-refractivity contribution in [2.45, 2.75) is 52.9 Å². The van der Waals surface area contributed by atoms with E-state index in [1.807, 2.05) is 0 Å². The molecule has 1 heteroatoms. The Hall–Kier alpha value is -0.590. The van der Waals surface area contributed by atoms with E-state index in [4.69, 9.17) is 0 Å². The van der Waals surface area contributed by atoms with Crippen LogP contribution in [0.4, 0.5) is 0 Å². The zero-order chi connectivity index (χ0) is 11.1. The molecule has 2 aliphatic rings. The van der Waals surface area contributed by atoms with Gasteiger partial charge in [0.25, 0.3) is 0 Å². The number of rotatable bonds is 1. The SMILES string of the molecule is CC1=CCC[C@@]1(C)[C@@H]1C[C@H](C)CCC1=O. The minimum atomic E-state index is 0.186. The van der Waals surface area contributed by atoms with E-state index in [0.717, 1.165) is 25.2 Å². The Balaban J connectivity index is 2.21. The van der Waals surface area contributed by atoms with Crippen LogP contribution in [-0.4, -0.2) is 5.78 Å². The first kappa shape index (κ1) is 10.9. The third-order valence-electron chi connectivity index (χ3n) is 4.69. The third-order valence-corrected chi connectivity index (χ3v) is 4.69. The van der Waals surface area contributed by atoms with E-state index < -0.39 is 0 Å². The van der Waals surface area contributed by atoms with Gasteiger partial charge in [-0.15, -0.1) is 0 Å². The van der Waals surface area contributed by atoms with E-state index in [2.05, 4.69) is 26.8 Å². The summed E-state index contributed by atoms with van der Waals surface area (Å²) in [5, 5.41) is 0. The second-order valence-electron chi connectivity index (χ2n) is 5.74. The Bertz CT molecular complexity index is 302. The first-order chi connectivity index (χ1) is 7.04. The fourth-order valence-electron chi connectivity index (χ4n) is 3.30. The number of carbonyl (C=O) groups is 1. The number of hydrogen-bond donors (Lipinski definition) is 0. The van der Waals surface area contributed by atoms with Crippen molar-refractivity contribution in [1.29, 1.82) is 0 Å². The summed E-state index contributed by atoms with van der Waals surface area (Å²) in [7, 11) is 0. The normalized spacial score (nSPS) is 41.8. The van der Waals surface area contributed by atoms with E-state index in [1.165, 1.54) is 18.4 Å². The molecule has 0 aliphatic heterocycles. The molecule has 0 unspecified atom stereocenters. The van der Waals surface area contributed by atoms with Crippen molar-refractivity contribution >= 4 is 5.78 Å². The van der Waals surface area contributed by atoms with Crippen molar-refractivity contribution in [3.63, 3.8) is 0 Å². The first-order valence-electron chi connectivity index (χ1n) is 6.24. The molecule has 0 spiro atoms. The van der Waals surface area contributed by atoms with Gasteiger partial charge >= 0.3 is 0 Å². The monoisotopic (exact) mass is 206 g/mol. The lowest BCUT2D eigenvalue weighted by atomic mass is 9.64. The molecule has 1 nitrogen and oxygen atoms in total. The van der Waals surface area contributed by atoms with Crippen molar-refractivity contribution < 1.29 is 4.79 Å². The molecule has 1 saturated carbocycles. The van der Waals surface area contributed by atoms with Crippen LogP contribution in [0.25, 0.3) is 0 Å². The molecular formula is C14H22O. The maximum absolute atomic E-state index is 12.1. The van der Waals surface area contributed by atoms with Crippen molar-refractivity contribution in [2.24, 2.45) is 17.3 Å². The molecule has 3 atom stereocenters. The maximum atomic E-state index is 12.1. The van der Waals surface area contributed by atoms with Gasteiger partial charge in [-0.25, -0.2) is 0 Å². The van der Waals surface area contributed by atoms with Gasteiger partial charge in [0.05, 0.1) is 0 Å². The van der Waals surface area contributed by atoms with Crippen molar-refractivity contribution in [2.75, 3.05) is 0 Å². The smallest absolute Gasteiger partial charge is 0.136 e. The summed E-state index contributed by atoms with van der Waals surface area (Å²) in [6.07, 6.45) is 7.71. The fourth-order valence-corrected chi connectivity index (χ4v) is 3.30. The summed E-state index contributed by atoms with van der Waals surface area (Å²) in [6.45, 7) is 6.79. The number of hydrogen-bond acceptors (Lipinski definition) is 1. The lowest BCUT2D eigenvalue weighted by Gasteiger charge is -2.39. The molecule has 0 saturated heterocycles. The molecule has 0 bridgehead atoms. The number of carbonyl (C=O) groups excluding carboxylic acids is 1. The van der Waals surface area contributed by atoms with Crippen molar-refractivity contribution in [3.8, 4) is 0 Å². The molecule has 1 fully saturated rings. The van der Waals surface area contributed by atoms with E-state index in [-0.39, 0.29) is 5.41 Å². The lowest BCUT2D eigenvalue weighted by Crippen LogP contribution is -2.37. The molecule has 84 valence electrons. The fraction of sp³-hybridized carbons (Fsp3) is 0.786. The summed E-state index contributed by atoms with van der Waals surface area (Å²) < 4.78 is 0. The Kier molecular flexibility index (Phi) is 2.74. The first-order valence-corrected chi connectivity index (χ1v) is 6.24. The van der Waals surface area contributed by atoms with Gasteiger partial charge in [-0.1, -0.05) is 25.5 Å². The summed E-state index contributed by atoms with van der Waals surface area (Å²) in [6, 6.07) is 0. The minimum Gasteiger partial charge on any atom is -0.299 e. The molecule has 0 radical (unpaired) electrons. The van der Waals surface area contributed by atoms with Crippen LogP contribution in [0.5, 0.6) is 0 Å². The molecule has 15 heavy (non-hydrogen) atoms. The highest BCUT2D eigenvalue weighted by Gasteiger charge is 2.43. The van der Waals surface area contributed by atoms with Gasteiger partial charge < -0.3 is 0 Å². The molecule has 2 rings (SSSR count). The zero-order valence-electron chi connectivity index (χ0n) is 10.2. The molecule has 0 aromatic heterocycles. The lowest BCUT2D eigenvalue weighted by molar-refractivity contribution is -0.129. The standard InChI is InChI=1S/C14H22O/c1-10-6-7-13(15)12(9-10)14(3)8-4-5-11(14)2/h5,10,12H,4,6-9H2,1-3H3/t10-,12-,14-/m1/s1. The highest BCUT2D eigenvalue weighted by Crippen LogP contribution is 2.49. The van der Waals surface area contributed by atoms with Crippen LogP contribution in [0.15, 0.2) is 11.6 Å². The van der Waals surface area contributed by atoms with Gasteiger partial charge in [-0.3, -0.25) is 4.79 Å². The topological polar surface area (TPSA) is 17.1 Å². The van der Waals surface area contributed by atoms with Crippen LogP contribution in [-0.2, 0) is 4.79 Å². The zero-order valence-corrected chi connectivity index (χ0v) is 10.2. The van der Waals surface area contributed by atoms with E-state index in [9.17, 15) is 4.79 Å². The average molecular weight is 206 g/mol. The van der Waals surface area contributed by atoms with Crippen LogP contribution >= 0.6 is 0 Å². The third kappa shape index (κ3) is 1.77. The van der Waals surface area contributed by atoms with Crippen LogP contribution in [0, 0.1) is 17.3 Å². The van der Waals surface area contributed by atoms with Gasteiger partial charge in [0.1, 0.15) is 5.78 Å². The largest absolute Gasteiger partial charge is 0.299 e. The van der Waals surface area contributed by atoms with Crippen LogP contribution < -0.4 is 0 Å². The molecule has 0 N–H and O–H groups in total. The maximum Gasteiger partial charge on any atom is 0.136 e. The van der Waals surface area contributed by atoms with Crippen LogP contribution in [0.2, 0.25) is 0 Å². The average Bonchev–Trinajstić information content (AvgIpc) is 2.52. The molecule has 2 aliphatic carbocycles. The highest BCUT2D eigenvalue weighted by atomic mass is 16.1. The van der Waals surface area contributed by atoms with Crippen molar-refractivity contribution in [3.05, 3.63) is 11.6 Å². The summed E-state index contributed by atoms with van der Waals surface area (Å²) in [4.78, 5) is 12.1. The van der Waals surface area contributed by atoms with E-state index >= 15 is 0 Å². The molecule has 0 amide bonds. The predicted octanol–water partition coefficient (Wildman–Crippen LogP) is 3.74. The number of Topliss-reactive ketones (excluding diaryl/α,β-unsaturated/α-hetero) is 1. The Labute approximate surface area is 92.9 Å². The predicted molar refractivity (Wildman–Crippen MR) is 62.6 cm³/mol. The summed E-state index contributed by atoms with van der Waals surface area (Å²) in [5.41, 5.74) is 1.64. The Morgan fingerprint density at radius 3 is 2.80 bits per heavy atom. The van der Waals surface area contributed by atoms with Gasteiger partial charge in [0.15, 0.2) is 0 Å². The quantitative estimate of drug-likeness (QED) is 0.597. The second kappa shape index (κ2) is 3.77. The molecule has 0 aromatic carbocycles. The molecular weight excluding hydrogens is 184 g/mol. The van der Waals surface area contributed by atoms with Gasteiger partial charge in [-0.05, 0) is 43.9 Å². The van der Waals surface area contributed by atoms with Crippen LogP contribution in [0.3, 0.4) is 0 Å². The van der Waals surface area contributed by atoms with Gasteiger partial charge in [0.2, 0.25) is 0 Å². The summed E-state index contributed by atoms with van der Waals surface area (Å²) >= 11 is 0. The van der Waals surface area contributed by atoms with Crippen molar-refractivity contribution in [1.82, 2.24) is 0 Å². The van der Waals surface area contributed by atoms with Crippen LogP contribution in [0.1, 0.15) is 52.9 Å². The second-order valence-corrected chi connectivity index (χ2v) is 5.74. The molecule has 0 aromatic rings. The Morgan fingerprint density at radius 1 is 1.47 bits per heavy atom. The number of allylic oxidation sites excluding steroid dienone is 2. The van der Waals surface area contributed by atoms with E-state index in [0.29, 0.717) is 11.7 Å².